The lowest BCUT2D eigenvalue weighted by molar-refractivity contribution is -0.384. The van der Waals surface area contributed by atoms with Crippen LogP contribution in [0, 0.1) is 10.1 Å². The van der Waals surface area contributed by atoms with E-state index in [-0.39, 0.29) is 15.4 Å². The van der Waals surface area contributed by atoms with E-state index in [0.717, 1.165) is 17.7 Å². The molecule has 110 valence electrons. The Morgan fingerprint density at radius 2 is 2.10 bits per heavy atom. The standard InChI is InChI=1S/C15H14BrNO2S2/c16-13(7-10-1-3-12(4-2-10)17(18)19)15-8-11-9-20-6-5-14(11)21-15/h1-4,8,13H,5-7,9H2. The molecule has 6 heteroatoms. The van der Waals surface area contributed by atoms with Crippen LogP contribution < -0.4 is 0 Å². The molecule has 1 aliphatic rings. The number of aryl methyl sites for hydroxylation is 1. The number of thioether (sulfide) groups is 1. The number of nitrogens with zero attached hydrogens (tertiary/aromatic N) is 1. The smallest absolute Gasteiger partial charge is 0.258 e. The summed E-state index contributed by atoms with van der Waals surface area (Å²) in [5, 5.41) is 10.7. The third kappa shape index (κ3) is 3.49. The van der Waals surface area contributed by atoms with E-state index in [2.05, 4.69) is 22.0 Å². The van der Waals surface area contributed by atoms with Crippen LogP contribution in [0.25, 0.3) is 0 Å². The van der Waals surface area contributed by atoms with Gasteiger partial charge < -0.3 is 0 Å². The van der Waals surface area contributed by atoms with Crippen molar-refractivity contribution in [3.05, 3.63) is 61.3 Å². The largest absolute Gasteiger partial charge is 0.269 e. The Kier molecular flexibility index (Phi) is 4.66. The molecule has 0 saturated carbocycles. The fraction of sp³-hybridized carbons (Fsp3) is 0.333. The highest BCUT2D eigenvalue weighted by molar-refractivity contribution is 9.09. The molecule has 0 N–H and O–H groups in total. The van der Waals surface area contributed by atoms with Gasteiger partial charge in [-0.3, -0.25) is 10.1 Å². The van der Waals surface area contributed by atoms with Crippen molar-refractivity contribution in [2.75, 3.05) is 5.75 Å². The number of nitro benzene ring substituents is 1. The molecule has 0 spiro atoms. The highest BCUT2D eigenvalue weighted by atomic mass is 79.9. The number of hydrogen-bond donors (Lipinski definition) is 0. The van der Waals surface area contributed by atoms with Crippen molar-refractivity contribution in [1.82, 2.24) is 0 Å². The molecule has 1 unspecified atom stereocenters. The Bertz CT molecular complexity index is 631. The van der Waals surface area contributed by atoms with Crippen molar-refractivity contribution in [2.45, 2.75) is 23.4 Å². The normalized spacial score (nSPS) is 15.5. The first-order valence-electron chi connectivity index (χ1n) is 6.70. The molecule has 21 heavy (non-hydrogen) atoms. The van der Waals surface area contributed by atoms with Crippen molar-refractivity contribution in [3.63, 3.8) is 0 Å². The lowest BCUT2D eigenvalue weighted by Crippen LogP contribution is -1.96. The summed E-state index contributed by atoms with van der Waals surface area (Å²) in [7, 11) is 0. The van der Waals surface area contributed by atoms with Gasteiger partial charge in [0.15, 0.2) is 0 Å². The lowest BCUT2D eigenvalue weighted by Gasteiger charge is -2.08. The first-order valence-corrected chi connectivity index (χ1v) is 9.59. The van der Waals surface area contributed by atoms with Crippen molar-refractivity contribution in [2.24, 2.45) is 0 Å². The summed E-state index contributed by atoms with van der Waals surface area (Å²) < 4.78 is 0. The van der Waals surface area contributed by atoms with Crippen LogP contribution in [0.2, 0.25) is 0 Å². The molecule has 1 aromatic carbocycles. The van der Waals surface area contributed by atoms with Crippen LogP contribution in [0.1, 0.15) is 25.7 Å². The van der Waals surface area contributed by atoms with Gasteiger partial charge in [-0.2, -0.15) is 11.8 Å². The molecule has 0 aliphatic carbocycles. The second kappa shape index (κ2) is 6.50. The Morgan fingerprint density at radius 1 is 1.33 bits per heavy atom. The molecule has 2 heterocycles. The van der Waals surface area contributed by atoms with E-state index < -0.39 is 0 Å². The second-order valence-electron chi connectivity index (χ2n) is 4.99. The number of alkyl halides is 1. The van der Waals surface area contributed by atoms with Crippen molar-refractivity contribution in [3.8, 4) is 0 Å². The summed E-state index contributed by atoms with van der Waals surface area (Å²) in [4.78, 5) is 13.5. The van der Waals surface area contributed by atoms with Crippen LogP contribution in [-0.4, -0.2) is 10.7 Å². The molecule has 3 rings (SSSR count). The number of halogens is 1. The van der Waals surface area contributed by atoms with Gasteiger partial charge in [0.2, 0.25) is 0 Å². The van der Waals surface area contributed by atoms with Gasteiger partial charge in [-0.1, -0.05) is 28.1 Å². The van der Waals surface area contributed by atoms with E-state index in [0.29, 0.717) is 0 Å². The van der Waals surface area contributed by atoms with E-state index in [1.807, 2.05) is 35.2 Å². The highest BCUT2D eigenvalue weighted by Crippen LogP contribution is 2.38. The zero-order valence-corrected chi connectivity index (χ0v) is 14.5. The van der Waals surface area contributed by atoms with Crippen LogP contribution >= 0.6 is 39.0 Å². The number of nitro groups is 1. The monoisotopic (exact) mass is 383 g/mol. The zero-order chi connectivity index (χ0) is 14.8. The Balaban J connectivity index is 1.72. The van der Waals surface area contributed by atoms with E-state index in [9.17, 15) is 10.1 Å². The molecule has 0 radical (unpaired) electrons. The van der Waals surface area contributed by atoms with E-state index in [1.54, 1.807) is 12.1 Å². The summed E-state index contributed by atoms with van der Waals surface area (Å²) >= 11 is 7.67. The number of rotatable bonds is 4. The van der Waals surface area contributed by atoms with Crippen molar-refractivity contribution < 1.29 is 4.92 Å². The summed E-state index contributed by atoms with van der Waals surface area (Å²) in [6, 6.07) is 9.15. The van der Waals surface area contributed by atoms with Crippen LogP contribution in [0.4, 0.5) is 5.69 Å². The quantitative estimate of drug-likeness (QED) is 0.417. The summed E-state index contributed by atoms with van der Waals surface area (Å²) in [5.41, 5.74) is 2.75. The maximum Gasteiger partial charge on any atom is 0.269 e. The minimum Gasteiger partial charge on any atom is -0.258 e. The molecule has 0 saturated heterocycles. The topological polar surface area (TPSA) is 43.1 Å². The summed E-state index contributed by atoms with van der Waals surface area (Å²) in [5.74, 6) is 2.35. The van der Waals surface area contributed by atoms with Crippen molar-refractivity contribution in [1.29, 1.82) is 0 Å². The fourth-order valence-corrected chi connectivity index (χ4v) is 5.53. The maximum atomic E-state index is 10.7. The van der Waals surface area contributed by atoms with E-state index in [1.165, 1.54) is 27.5 Å². The van der Waals surface area contributed by atoms with Gasteiger partial charge in [-0.15, -0.1) is 11.3 Å². The molecular weight excluding hydrogens is 370 g/mol. The van der Waals surface area contributed by atoms with Crippen LogP contribution in [-0.2, 0) is 18.6 Å². The van der Waals surface area contributed by atoms with Crippen LogP contribution in [0.15, 0.2) is 30.3 Å². The number of hydrogen-bond acceptors (Lipinski definition) is 4. The molecule has 0 bridgehead atoms. The van der Waals surface area contributed by atoms with E-state index >= 15 is 0 Å². The summed E-state index contributed by atoms with van der Waals surface area (Å²) in [6.45, 7) is 0. The Morgan fingerprint density at radius 3 is 2.76 bits per heavy atom. The molecule has 0 amide bonds. The van der Waals surface area contributed by atoms with Crippen LogP contribution in [0.3, 0.4) is 0 Å². The molecule has 2 aromatic rings. The summed E-state index contributed by atoms with van der Waals surface area (Å²) in [6.07, 6.45) is 2.03. The lowest BCUT2D eigenvalue weighted by atomic mass is 10.1. The molecule has 1 aromatic heterocycles. The third-order valence-corrected chi connectivity index (χ3v) is 7.00. The average Bonchev–Trinajstić information content (AvgIpc) is 2.92. The molecule has 1 aliphatic heterocycles. The van der Waals surface area contributed by atoms with Gasteiger partial charge in [0.1, 0.15) is 0 Å². The molecular formula is C15H14BrNO2S2. The Hall–Kier alpha value is -0.850. The second-order valence-corrected chi connectivity index (χ2v) is 8.37. The van der Waals surface area contributed by atoms with Gasteiger partial charge in [0.25, 0.3) is 5.69 Å². The van der Waals surface area contributed by atoms with Crippen molar-refractivity contribution >= 4 is 44.7 Å². The van der Waals surface area contributed by atoms with Gasteiger partial charge in [0.05, 0.1) is 9.75 Å². The van der Waals surface area contributed by atoms with Gasteiger partial charge >= 0.3 is 0 Å². The molecule has 3 nitrogen and oxygen atoms in total. The fourth-order valence-electron chi connectivity index (χ4n) is 2.39. The molecule has 0 fully saturated rings. The maximum absolute atomic E-state index is 10.7. The number of fused-ring (bicyclic) bond motifs is 1. The predicted molar refractivity (Wildman–Crippen MR) is 92.7 cm³/mol. The number of non-ortho nitro benzene ring substituents is 1. The first-order chi connectivity index (χ1) is 10.1. The van der Waals surface area contributed by atoms with Gasteiger partial charge in [-0.05, 0) is 35.8 Å². The van der Waals surface area contributed by atoms with Gasteiger partial charge in [0, 0.05) is 27.6 Å². The van der Waals surface area contributed by atoms with E-state index in [4.69, 9.17) is 0 Å². The van der Waals surface area contributed by atoms with Crippen LogP contribution in [0.5, 0.6) is 0 Å². The average molecular weight is 384 g/mol. The first kappa shape index (κ1) is 15.1. The molecule has 1 atom stereocenters. The van der Waals surface area contributed by atoms with Gasteiger partial charge in [-0.25, -0.2) is 0 Å². The minimum absolute atomic E-state index is 0.147. The SMILES string of the molecule is O=[N+]([O-])c1ccc(CC(Br)c2cc3c(s2)CCSC3)cc1. The minimum atomic E-state index is -0.361. The Labute approximate surface area is 140 Å². The highest BCUT2D eigenvalue weighted by Gasteiger charge is 2.18. The number of thiophene rings is 1. The number of benzene rings is 1. The zero-order valence-electron chi connectivity index (χ0n) is 11.3. The predicted octanol–water partition coefficient (Wildman–Crippen LogP) is 5.12. The third-order valence-electron chi connectivity index (χ3n) is 3.52.